The predicted molar refractivity (Wildman–Crippen MR) is 71.5 cm³/mol. The maximum atomic E-state index is 5.61. The molecule has 0 aliphatic heterocycles. The van der Waals surface area contributed by atoms with Crippen molar-refractivity contribution in [3.8, 4) is 5.75 Å². The fourth-order valence-corrected chi connectivity index (χ4v) is 1.69. The van der Waals surface area contributed by atoms with Crippen LogP contribution in [0, 0.1) is 5.92 Å². The van der Waals surface area contributed by atoms with E-state index in [2.05, 4.69) is 24.0 Å². The molecule has 2 aromatic rings. The first kappa shape index (κ1) is 13.5. The number of nitrogens with two attached hydrogens (primary N) is 1. The van der Waals surface area contributed by atoms with Gasteiger partial charge in [-0.05, 0) is 23.6 Å². The van der Waals surface area contributed by atoms with Crippen LogP contribution in [0.15, 0.2) is 28.8 Å². The molecule has 102 valence electrons. The van der Waals surface area contributed by atoms with Crippen LogP contribution < -0.4 is 10.5 Å². The van der Waals surface area contributed by atoms with Crippen LogP contribution in [0.2, 0.25) is 0 Å². The number of hydrogen-bond acceptors (Lipinski definition) is 5. The fraction of sp³-hybridized carbons (Fsp3) is 0.429. The van der Waals surface area contributed by atoms with Gasteiger partial charge in [-0.2, -0.15) is 4.98 Å². The molecule has 0 fully saturated rings. The van der Waals surface area contributed by atoms with E-state index < -0.39 is 0 Å². The van der Waals surface area contributed by atoms with Crippen LogP contribution in [0.4, 0.5) is 0 Å². The zero-order chi connectivity index (χ0) is 13.7. The molecule has 0 bridgehead atoms. The largest absolute Gasteiger partial charge is 0.485 e. The summed E-state index contributed by atoms with van der Waals surface area (Å²) in [5.41, 5.74) is 6.61. The van der Waals surface area contributed by atoms with Crippen molar-refractivity contribution >= 4 is 0 Å². The lowest BCUT2D eigenvalue weighted by atomic mass is 10.1. The highest BCUT2D eigenvalue weighted by Crippen LogP contribution is 2.14. The Kier molecular flexibility index (Phi) is 4.52. The molecule has 2 N–H and O–H groups in total. The first-order valence-electron chi connectivity index (χ1n) is 6.40. The third-order valence-electron chi connectivity index (χ3n) is 2.60. The highest BCUT2D eigenvalue weighted by molar-refractivity contribution is 5.28. The van der Waals surface area contributed by atoms with Gasteiger partial charge in [-0.15, -0.1) is 0 Å². The molecule has 0 amide bonds. The molecule has 5 heteroatoms. The van der Waals surface area contributed by atoms with Crippen LogP contribution in [-0.4, -0.2) is 10.1 Å². The monoisotopic (exact) mass is 261 g/mol. The summed E-state index contributed by atoms with van der Waals surface area (Å²) >= 11 is 0. The van der Waals surface area contributed by atoms with Crippen molar-refractivity contribution in [1.29, 1.82) is 0 Å². The highest BCUT2D eigenvalue weighted by atomic mass is 16.5. The number of ether oxygens (including phenoxy) is 1. The lowest BCUT2D eigenvalue weighted by Gasteiger charge is -2.04. The Hall–Kier alpha value is -1.88. The zero-order valence-corrected chi connectivity index (χ0v) is 11.3. The summed E-state index contributed by atoms with van der Waals surface area (Å²) in [5, 5.41) is 3.89. The van der Waals surface area contributed by atoms with Gasteiger partial charge < -0.3 is 15.0 Å². The van der Waals surface area contributed by atoms with E-state index in [1.807, 2.05) is 24.3 Å². The molecule has 2 rings (SSSR count). The van der Waals surface area contributed by atoms with Gasteiger partial charge in [0.05, 0.1) is 0 Å². The van der Waals surface area contributed by atoms with Gasteiger partial charge in [-0.3, -0.25) is 0 Å². The van der Waals surface area contributed by atoms with Gasteiger partial charge in [0.1, 0.15) is 5.75 Å². The van der Waals surface area contributed by atoms with Crippen molar-refractivity contribution in [2.24, 2.45) is 11.7 Å². The van der Waals surface area contributed by atoms with Gasteiger partial charge >= 0.3 is 0 Å². The van der Waals surface area contributed by atoms with Crippen LogP contribution in [0.25, 0.3) is 0 Å². The van der Waals surface area contributed by atoms with Crippen molar-refractivity contribution < 1.29 is 9.26 Å². The summed E-state index contributed by atoms with van der Waals surface area (Å²) in [6, 6.07) is 7.67. The molecule has 0 saturated carbocycles. The Morgan fingerprint density at radius 3 is 2.95 bits per heavy atom. The van der Waals surface area contributed by atoms with E-state index in [1.54, 1.807) is 0 Å². The molecule has 0 spiro atoms. The summed E-state index contributed by atoms with van der Waals surface area (Å²) in [7, 11) is 0. The lowest BCUT2D eigenvalue weighted by molar-refractivity contribution is 0.284. The molecule has 5 nitrogen and oxygen atoms in total. The van der Waals surface area contributed by atoms with Gasteiger partial charge in [0.25, 0.3) is 0 Å². The number of hydrogen-bond donors (Lipinski definition) is 1. The minimum Gasteiger partial charge on any atom is -0.485 e. The molecule has 0 atom stereocenters. The minimum absolute atomic E-state index is 0.301. The molecular formula is C14H19N3O2. The molecular weight excluding hydrogens is 242 g/mol. The van der Waals surface area contributed by atoms with Gasteiger partial charge in [-0.1, -0.05) is 31.1 Å². The average Bonchev–Trinajstić information content (AvgIpc) is 2.83. The van der Waals surface area contributed by atoms with Crippen molar-refractivity contribution in [2.45, 2.75) is 33.4 Å². The maximum absolute atomic E-state index is 5.61. The molecule has 0 unspecified atom stereocenters. The van der Waals surface area contributed by atoms with E-state index in [0.29, 0.717) is 30.8 Å². The van der Waals surface area contributed by atoms with Gasteiger partial charge in [0, 0.05) is 13.0 Å². The van der Waals surface area contributed by atoms with E-state index in [9.17, 15) is 0 Å². The lowest BCUT2D eigenvalue weighted by Crippen LogP contribution is -2.00. The quantitative estimate of drug-likeness (QED) is 0.863. The van der Waals surface area contributed by atoms with E-state index in [4.69, 9.17) is 15.0 Å². The first-order chi connectivity index (χ1) is 9.17. The Morgan fingerprint density at radius 2 is 2.21 bits per heavy atom. The van der Waals surface area contributed by atoms with E-state index in [1.165, 1.54) is 0 Å². The van der Waals surface area contributed by atoms with E-state index >= 15 is 0 Å². The van der Waals surface area contributed by atoms with Gasteiger partial charge in [-0.25, -0.2) is 0 Å². The minimum atomic E-state index is 0.301. The maximum Gasteiger partial charge on any atom is 0.227 e. The van der Waals surface area contributed by atoms with Crippen molar-refractivity contribution in [3.63, 3.8) is 0 Å². The standard InChI is InChI=1S/C14H19N3O2/c1-10(2)6-14-16-13(17-19-14)9-18-12-5-3-4-11(7-12)8-15/h3-5,7,10H,6,8-9,15H2,1-2H3. The number of aromatic nitrogens is 2. The Bertz CT molecular complexity index is 523. The molecule has 0 radical (unpaired) electrons. The normalized spacial score (nSPS) is 10.9. The van der Waals surface area contributed by atoms with E-state index in [-0.39, 0.29) is 0 Å². The third kappa shape index (κ3) is 4.06. The molecule has 0 aliphatic carbocycles. The molecule has 1 heterocycles. The van der Waals surface area contributed by atoms with Crippen LogP contribution in [0.5, 0.6) is 5.75 Å². The third-order valence-corrected chi connectivity index (χ3v) is 2.60. The predicted octanol–water partition coefficient (Wildman–Crippen LogP) is 2.31. The summed E-state index contributed by atoms with van der Waals surface area (Å²) in [6.45, 7) is 5.02. The number of benzene rings is 1. The van der Waals surface area contributed by atoms with Crippen LogP contribution in [-0.2, 0) is 19.6 Å². The Morgan fingerprint density at radius 1 is 1.37 bits per heavy atom. The number of rotatable bonds is 6. The molecule has 1 aromatic heterocycles. The Labute approximate surface area is 112 Å². The first-order valence-corrected chi connectivity index (χ1v) is 6.40. The summed E-state index contributed by atoms with van der Waals surface area (Å²) in [5.74, 6) is 2.48. The molecule has 0 aliphatic rings. The number of nitrogens with zero attached hydrogens (tertiary/aromatic N) is 2. The zero-order valence-electron chi connectivity index (χ0n) is 11.3. The fourth-order valence-electron chi connectivity index (χ4n) is 1.69. The smallest absolute Gasteiger partial charge is 0.227 e. The van der Waals surface area contributed by atoms with Crippen molar-refractivity contribution in [2.75, 3.05) is 0 Å². The molecule has 0 saturated heterocycles. The van der Waals surface area contributed by atoms with Crippen LogP contribution >= 0.6 is 0 Å². The average molecular weight is 261 g/mol. The summed E-state index contributed by atoms with van der Waals surface area (Å²) < 4.78 is 10.8. The second-order valence-corrected chi connectivity index (χ2v) is 4.84. The molecule has 1 aromatic carbocycles. The van der Waals surface area contributed by atoms with Gasteiger partial charge in [0.15, 0.2) is 6.61 Å². The van der Waals surface area contributed by atoms with Crippen LogP contribution in [0.1, 0.15) is 31.1 Å². The second-order valence-electron chi connectivity index (χ2n) is 4.84. The highest BCUT2D eigenvalue weighted by Gasteiger charge is 2.08. The van der Waals surface area contributed by atoms with E-state index in [0.717, 1.165) is 17.7 Å². The van der Waals surface area contributed by atoms with Crippen LogP contribution in [0.3, 0.4) is 0 Å². The summed E-state index contributed by atoms with van der Waals surface area (Å²) in [6.07, 6.45) is 0.787. The second kappa shape index (κ2) is 6.33. The summed E-state index contributed by atoms with van der Waals surface area (Å²) in [4.78, 5) is 4.28. The topological polar surface area (TPSA) is 74.2 Å². The molecule has 19 heavy (non-hydrogen) atoms. The van der Waals surface area contributed by atoms with Crippen molar-refractivity contribution in [1.82, 2.24) is 10.1 Å². The van der Waals surface area contributed by atoms with Crippen molar-refractivity contribution in [3.05, 3.63) is 41.5 Å². The Balaban J connectivity index is 1.92. The van der Waals surface area contributed by atoms with Gasteiger partial charge in [0.2, 0.25) is 11.7 Å². The SMILES string of the molecule is CC(C)Cc1nc(COc2cccc(CN)c2)no1.